The lowest BCUT2D eigenvalue weighted by Gasteiger charge is -2.39. The number of aromatic nitrogens is 1. The van der Waals surface area contributed by atoms with E-state index in [2.05, 4.69) is 22.0 Å². The van der Waals surface area contributed by atoms with Crippen molar-refractivity contribution in [3.63, 3.8) is 0 Å². The summed E-state index contributed by atoms with van der Waals surface area (Å²) in [7, 11) is 0. The second-order valence-corrected chi connectivity index (χ2v) is 6.57. The Balaban J connectivity index is 1.64. The minimum atomic E-state index is -0.591. The summed E-state index contributed by atoms with van der Waals surface area (Å²) in [6, 6.07) is 4.23. The number of carbonyl (C=O) groups excluding carboxylic acids is 1. The molecule has 3 rings (SSSR count). The van der Waals surface area contributed by atoms with Crippen LogP contribution in [0.4, 0.5) is 5.69 Å². The van der Waals surface area contributed by atoms with E-state index < -0.39 is 5.60 Å². The summed E-state index contributed by atoms with van der Waals surface area (Å²) < 4.78 is 5.69. The van der Waals surface area contributed by atoms with Crippen LogP contribution >= 0.6 is 0 Å². The van der Waals surface area contributed by atoms with Crippen molar-refractivity contribution in [2.24, 2.45) is 0 Å². The summed E-state index contributed by atoms with van der Waals surface area (Å²) in [5, 5.41) is 0. The Morgan fingerprint density at radius 3 is 2.36 bits per heavy atom. The van der Waals surface area contributed by atoms with Gasteiger partial charge >= 0.3 is 0 Å². The Hall–Kier alpha value is -1.62. The quantitative estimate of drug-likeness (QED) is 0.837. The molecule has 120 valence electrons. The molecule has 0 spiro atoms. The number of rotatable bonds is 2. The largest absolute Gasteiger partial charge is 0.368 e. The maximum atomic E-state index is 12.6. The van der Waals surface area contributed by atoms with E-state index in [0.717, 1.165) is 50.4 Å². The van der Waals surface area contributed by atoms with Gasteiger partial charge in [-0.05, 0) is 45.7 Å². The first-order valence-electron chi connectivity index (χ1n) is 8.11. The molecule has 1 atom stereocenters. The summed E-state index contributed by atoms with van der Waals surface area (Å²) >= 11 is 0. The number of anilines is 1. The van der Waals surface area contributed by atoms with Gasteiger partial charge < -0.3 is 14.5 Å². The molecule has 0 aromatic carbocycles. The average molecular weight is 303 g/mol. The maximum Gasteiger partial charge on any atom is 0.254 e. The van der Waals surface area contributed by atoms with E-state index in [0.29, 0.717) is 6.61 Å². The lowest BCUT2D eigenvalue weighted by atomic mass is 10.0. The van der Waals surface area contributed by atoms with E-state index >= 15 is 0 Å². The molecule has 5 nitrogen and oxygen atoms in total. The highest BCUT2D eigenvalue weighted by Gasteiger charge is 2.41. The fraction of sp³-hybridized carbons (Fsp3) is 0.647. The van der Waals surface area contributed by atoms with Crippen LogP contribution in [0.25, 0.3) is 0 Å². The van der Waals surface area contributed by atoms with Gasteiger partial charge in [0, 0.05) is 49.9 Å². The normalized spacial score (nSPS) is 25.6. The van der Waals surface area contributed by atoms with Gasteiger partial charge in [0.25, 0.3) is 5.91 Å². The van der Waals surface area contributed by atoms with Crippen LogP contribution in [0.2, 0.25) is 0 Å². The summed E-state index contributed by atoms with van der Waals surface area (Å²) in [5.74, 6) is 0.159. The number of hydrogen-bond acceptors (Lipinski definition) is 4. The highest BCUT2D eigenvalue weighted by Crippen LogP contribution is 2.28. The molecule has 3 heterocycles. The van der Waals surface area contributed by atoms with Gasteiger partial charge in [-0.1, -0.05) is 0 Å². The number of piperazine rings is 1. The molecule has 0 N–H and O–H groups in total. The minimum absolute atomic E-state index is 0.159. The molecule has 0 radical (unpaired) electrons. The highest BCUT2D eigenvalue weighted by molar-refractivity contribution is 5.85. The smallest absolute Gasteiger partial charge is 0.254 e. The number of ether oxygens (including phenoxy) is 1. The van der Waals surface area contributed by atoms with Gasteiger partial charge in [-0.15, -0.1) is 0 Å². The van der Waals surface area contributed by atoms with Gasteiger partial charge in [0.2, 0.25) is 0 Å². The Morgan fingerprint density at radius 2 is 1.82 bits per heavy atom. The number of carbonyl (C=O) groups is 1. The van der Waals surface area contributed by atoms with E-state index in [1.807, 2.05) is 25.7 Å². The fourth-order valence-electron chi connectivity index (χ4n) is 3.44. The van der Waals surface area contributed by atoms with Crippen LogP contribution in [0.1, 0.15) is 31.2 Å². The molecule has 1 amide bonds. The first kappa shape index (κ1) is 15.3. The first-order valence-corrected chi connectivity index (χ1v) is 8.11. The molecular weight excluding hydrogens is 278 g/mol. The van der Waals surface area contributed by atoms with Crippen LogP contribution in [0, 0.1) is 13.8 Å². The molecule has 1 aromatic heterocycles. The zero-order valence-electron chi connectivity index (χ0n) is 13.8. The van der Waals surface area contributed by atoms with E-state index in [-0.39, 0.29) is 5.91 Å². The number of aryl methyl sites for hydroxylation is 2. The van der Waals surface area contributed by atoms with Crippen LogP contribution in [0.5, 0.6) is 0 Å². The predicted octanol–water partition coefficient (Wildman–Crippen LogP) is 1.92. The van der Waals surface area contributed by atoms with Crippen molar-refractivity contribution in [2.45, 2.75) is 39.2 Å². The van der Waals surface area contributed by atoms with Crippen molar-refractivity contribution in [3.05, 3.63) is 23.5 Å². The summed E-state index contributed by atoms with van der Waals surface area (Å²) in [6.45, 7) is 9.94. The van der Waals surface area contributed by atoms with E-state index in [4.69, 9.17) is 4.74 Å². The summed E-state index contributed by atoms with van der Waals surface area (Å²) in [6.07, 6.45) is 1.83. The van der Waals surface area contributed by atoms with E-state index in [1.165, 1.54) is 5.69 Å². The molecule has 5 heteroatoms. The van der Waals surface area contributed by atoms with Crippen molar-refractivity contribution in [1.82, 2.24) is 9.88 Å². The second kappa shape index (κ2) is 5.88. The SMILES string of the molecule is Cc1cc(N2CCN(C(=O)[C@@]3(C)CCCO3)CC2)cc(C)n1. The van der Waals surface area contributed by atoms with Gasteiger partial charge in [-0.2, -0.15) is 0 Å². The molecule has 22 heavy (non-hydrogen) atoms. The van der Waals surface area contributed by atoms with Crippen LogP contribution < -0.4 is 4.90 Å². The standard InChI is InChI=1S/C17H25N3O2/c1-13-11-15(12-14(2)18-13)19-6-8-20(9-7-19)16(21)17(3)5-4-10-22-17/h11-12H,4-10H2,1-3H3/t17-/m1/s1. The lowest BCUT2D eigenvalue weighted by Crippen LogP contribution is -2.54. The van der Waals surface area contributed by atoms with Crippen LogP contribution in [-0.2, 0) is 9.53 Å². The summed E-state index contributed by atoms with van der Waals surface area (Å²) in [4.78, 5) is 21.4. The van der Waals surface area contributed by atoms with Gasteiger partial charge in [0.15, 0.2) is 0 Å². The Kier molecular flexibility index (Phi) is 4.08. The minimum Gasteiger partial charge on any atom is -0.368 e. The number of pyridine rings is 1. The molecule has 0 aliphatic carbocycles. The molecule has 2 aliphatic rings. The third kappa shape index (κ3) is 2.95. The molecular formula is C17H25N3O2. The van der Waals surface area contributed by atoms with Crippen molar-refractivity contribution in [2.75, 3.05) is 37.7 Å². The number of amides is 1. The highest BCUT2D eigenvalue weighted by atomic mass is 16.5. The lowest BCUT2D eigenvalue weighted by molar-refractivity contribution is -0.151. The van der Waals surface area contributed by atoms with Gasteiger partial charge in [-0.3, -0.25) is 9.78 Å². The van der Waals surface area contributed by atoms with Crippen molar-refractivity contribution >= 4 is 11.6 Å². The molecule has 0 unspecified atom stereocenters. The average Bonchev–Trinajstić information content (AvgIpc) is 2.94. The topological polar surface area (TPSA) is 45.7 Å². The molecule has 2 aliphatic heterocycles. The van der Waals surface area contributed by atoms with E-state index in [9.17, 15) is 4.79 Å². The molecule has 0 saturated carbocycles. The van der Waals surface area contributed by atoms with E-state index in [1.54, 1.807) is 0 Å². The Morgan fingerprint density at radius 1 is 1.18 bits per heavy atom. The first-order chi connectivity index (χ1) is 10.5. The monoisotopic (exact) mass is 303 g/mol. The Bertz CT molecular complexity index is 539. The van der Waals surface area contributed by atoms with Crippen LogP contribution in [0.15, 0.2) is 12.1 Å². The third-order valence-corrected chi connectivity index (χ3v) is 4.67. The molecule has 1 aromatic rings. The summed E-state index contributed by atoms with van der Waals surface area (Å²) in [5.41, 5.74) is 2.70. The third-order valence-electron chi connectivity index (χ3n) is 4.67. The van der Waals surface area contributed by atoms with Gasteiger partial charge in [0.05, 0.1) is 0 Å². The van der Waals surface area contributed by atoms with Crippen molar-refractivity contribution in [1.29, 1.82) is 0 Å². The number of nitrogens with zero attached hydrogens (tertiary/aromatic N) is 3. The molecule has 2 saturated heterocycles. The zero-order chi connectivity index (χ0) is 15.7. The van der Waals surface area contributed by atoms with Crippen LogP contribution in [0.3, 0.4) is 0 Å². The second-order valence-electron chi connectivity index (χ2n) is 6.57. The zero-order valence-corrected chi connectivity index (χ0v) is 13.8. The van der Waals surface area contributed by atoms with Gasteiger partial charge in [0.1, 0.15) is 5.60 Å². The van der Waals surface area contributed by atoms with Gasteiger partial charge in [-0.25, -0.2) is 0 Å². The molecule has 0 bridgehead atoms. The van der Waals surface area contributed by atoms with Crippen LogP contribution in [-0.4, -0.2) is 54.2 Å². The fourth-order valence-corrected chi connectivity index (χ4v) is 3.44. The van der Waals surface area contributed by atoms with Crippen molar-refractivity contribution < 1.29 is 9.53 Å². The Labute approximate surface area is 132 Å². The predicted molar refractivity (Wildman–Crippen MR) is 86.1 cm³/mol. The molecule has 2 fully saturated rings. The number of hydrogen-bond donors (Lipinski definition) is 0. The van der Waals surface area contributed by atoms with Crippen molar-refractivity contribution in [3.8, 4) is 0 Å². The maximum absolute atomic E-state index is 12.6.